The van der Waals surface area contributed by atoms with E-state index in [0.29, 0.717) is 0 Å². The summed E-state index contributed by atoms with van der Waals surface area (Å²) in [5.41, 5.74) is 10.4. The Morgan fingerprint density at radius 1 is 0.315 bits per heavy atom. The third kappa shape index (κ3) is 11.3. The van der Waals surface area contributed by atoms with Gasteiger partial charge in [-0.2, -0.15) is 0 Å². The van der Waals surface area contributed by atoms with E-state index in [1.165, 1.54) is 22.3 Å². The van der Waals surface area contributed by atoms with E-state index in [9.17, 15) is 0 Å². The summed E-state index contributed by atoms with van der Waals surface area (Å²) in [4.78, 5) is 0. The molecule has 0 radical (unpaired) electrons. The van der Waals surface area contributed by atoms with Gasteiger partial charge in [0.25, 0.3) is 0 Å². The lowest BCUT2D eigenvalue weighted by Crippen LogP contribution is -1.85. The molecule has 0 atom stereocenters. The van der Waals surface area contributed by atoms with Crippen LogP contribution in [-0.2, 0) is 0 Å². The molecule has 7 aromatic carbocycles. The summed E-state index contributed by atoms with van der Waals surface area (Å²) in [5, 5.41) is 0. The molecule has 0 aromatic heterocycles. The zero-order valence-electron chi connectivity index (χ0n) is 31.1. The van der Waals surface area contributed by atoms with Gasteiger partial charge in [-0.15, -0.1) is 0 Å². The fraction of sp³-hybridized carbons (Fsp3) is 0.0588. The molecular formula is C51H46O3. The molecule has 3 nitrogen and oxygen atoms in total. The first-order valence-corrected chi connectivity index (χ1v) is 17.8. The second kappa shape index (κ2) is 20.9. The number of rotatable bonds is 10. The second-order valence-corrected chi connectivity index (χ2v) is 12.1. The Kier molecular flexibility index (Phi) is 14.8. The van der Waals surface area contributed by atoms with Crippen molar-refractivity contribution in [3.05, 3.63) is 216 Å². The Morgan fingerprint density at radius 3 is 0.944 bits per heavy atom. The van der Waals surface area contributed by atoms with Crippen molar-refractivity contribution in [2.24, 2.45) is 0 Å². The maximum Gasteiger partial charge on any atom is 0.126 e. The predicted octanol–water partition coefficient (Wildman–Crippen LogP) is 13.4. The quantitative estimate of drug-likeness (QED) is 0.133. The molecule has 0 spiro atoms. The average molecular weight is 707 g/mol. The minimum atomic E-state index is 0.873. The Bertz CT molecular complexity index is 2080. The molecule has 0 aliphatic rings. The van der Waals surface area contributed by atoms with E-state index >= 15 is 0 Å². The molecule has 3 heteroatoms. The Labute approximate surface area is 320 Å². The first-order valence-electron chi connectivity index (χ1n) is 17.8. The van der Waals surface area contributed by atoms with Crippen molar-refractivity contribution < 1.29 is 14.2 Å². The van der Waals surface area contributed by atoms with Crippen LogP contribution in [0.1, 0.15) is 27.8 Å². The highest BCUT2D eigenvalue weighted by Crippen LogP contribution is 2.25. The fourth-order valence-corrected chi connectivity index (χ4v) is 5.65. The highest BCUT2D eigenvalue weighted by Gasteiger charge is 2.01. The largest absolute Gasteiger partial charge is 0.496 e. The summed E-state index contributed by atoms with van der Waals surface area (Å²) in [6.07, 6.45) is 10.1. The molecule has 0 aliphatic heterocycles. The lowest BCUT2D eigenvalue weighted by Gasteiger charge is -2.05. The Hall–Kier alpha value is -6.84. The van der Waals surface area contributed by atoms with Gasteiger partial charge in [0, 0.05) is 16.7 Å². The minimum absolute atomic E-state index is 0.873. The molecule has 0 saturated carbocycles. The van der Waals surface area contributed by atoms with Gasteiger partial charge in [-0.1, -0.05) is 201 Å². The highest BCUT2D eigenvalue weighted by atomic mass is 16.5. The number of hydrogen-bond acceptors (Lipinski definition) is 3. The topological polar surface area (TPSA) is 27.7 Å². The van der Waals surface area contributed by atoms with E-state index in [1.807, 2.05) is 84.9 Å². The molecule has 0 amide bonds. The summed E-state index contributed by atoms with van der Waals surface area (Å²) < 4.78 is 15.9. The van der Waals surface area contributed by atoms with Gasteiger partial charge in [0.1, 0.15) is 17.2 Å². The summed E-state index contributed by atoms with van der Waals surface area (Å²) in [6.45, 7) is 3.66. The molecule has 0 bridgehead atoms. The normalized spacial score (nSPS) is 10.4. The molecule has 0 fully saturated rings. The van der Waals surface area contributed by atoms with Crippen LogP contribution in [0.4, 0.5) is 0 Å². The number of ether oxygens (including phenoxy) is 3. The van der Waals surface area contributed by atoms with E-state index in [2.05, 4.69) is 128 Å². The molecule has 7 aromatic rings. The fourth-order valence-electron chi connectivity index (χ4n) is 5.65. The number of benzene rings is 7. The van der Waals surface area contributed by atoms with Crippen LogP contribution >= 0.6 is 0 Å². The van der Waals surface area contributed by atoms with Crippen LogP contribution in [0.25, 0.3) is 52.6 Å². The van der Waals surface area contributed by atoms with Crippen LogP contribution in [0.2, 0.25) is 0 Å². The number of methoxy groups -OCH3 is 3. The van der Waals surface area contributed by atoms with Gasteiger partial charge in [0.2, 0.25) is 0 Å². The van der Waals surface area contributed by atoms with Crippen molar-refractivity contribution in [1.29, 1.82) is 0 Å². The standard InChI is InChI=1S/C30H26O2.C12H10.C9H10O/c1-31-29-9-5-3-7-27(29)21-15-23-11-17-25(18-12-23)26-19-13-24(14-20-26)16-22-28-8-4-6-10-30(28)32-2;1-3-7-11(8-4-1)12-9-5-2-6-10-12;1-3-8-6-4-5-7-9(8)10-2/h3-22H,1-2H3;1-10H;3-7H,1H2,2H3. The van der Waals surface area contributed by atoms with Gasteiger partial charge in [0.15, 0.2) is 0 Å². The van der Waals surface area contributed by atoms with Crippen LogP contribution in [0, 0.1) is 0 Å². The van der Waals surface area contributed by atoms with Gasteiger partial charge in [-0.3, -0.25) is 0 Å². The zero-order valence-corrected chi connectivity index (χ0v) is 31.1. The van der Waals surface area contributed by atoms with Gasteiger partial charge >= 0.3 is 0 Å². The third-order valence-electron chi connectivity index (χ3n) is 8.58. The van der Waals surface area contributed by atoms with Crippen LogP contribution in [0.15, 0.2) is 189 Å². The number of para-hydroxylation sites is 3. The number of hydrogen-bond donors (Lipinski definition) is 0. The summed E-state index contributed by atoms with van der Waals surface area (Å²) in [5.74, 6) is 2.62. The van der Waals surface area contributed by atoms with Crippen LogP contribution in [0.5, 0.6) is 17.2 Å². The monoisotopic (exact) mass is 706 g/mol. The predicted molar refractivity (Wildman–Crippen MR) is 231 cm³/mol. The van der Waals surface area contributed by atoms with E-state index in [-0.39, 0.29) is 0 Å². The third-order valence-corrected chi connectivity index (χ3v) is 8.58. The molecule has 7 rings (SSSR count). The minimum Gasteiger partial charge on any atom is -0.496 e. The van der Waals surface area contributed by atoms with E-state index in [4.69, 9.17) is 14.2 Å². The molecular weight excluding hydrogens is 661 g/mol. The molecule has 268 valence electrons. The van der Waals surface area contributed by atoms with Crippen molar-refractivity contribution in [1.82, 2.24) is 0 Å². The van der Waals surface area contributed by atoms with Gasteiger partial charge in [-0.05, 0) is 51.6 Å². The van der Waals surface area contributed by atoms with Gasteiger partial charge in [0.05, 0.1) is 21.3 Å². The molecule has 0 aliphatic carbocycles. The molecule has 0 saturated heterocycles. The van der Waals surface area contributed by atoms with E-state index in [1.54, 1.807) is 27.4 Å². The van der Waals surface area contributed by atoms with E-state index < -0.39 is 0 Å². The van der Waals surface area contributed by atoms with Crippen LogP contribution < -0.4 is 14.2 Å². The van der Waals surface area contributed by atoms with Crippen molar-refractivity contribution >= 4 is 30.4 Å². The van der Waals surface area contributed by atoms with E-state index in [0.717, 1.165) is 45.1 Å². The molecule has 0 N–H and O–H groups in total. The maximum absolute atomic E-state index is 5.41. The van der Waals surface area contributed by atoms with Crippen molar-refractivity contribution in [2.45, 2.75) is 0 Å². The maximum atomic E-state index is 5.41. The average Bonchev–Trinajstić information content (AvgIpc) is 3.26. The molecule has 0 unspecified atom stereocenters. The SMILES string of the molecule is C=Cc1ccccc1OC.COc1ccccc1C=Cc1ccc(-c2ccc(C=Cc3ccccc3OC)cc2)cc1.c1ccc(-c2ccccc2)cc1. The lowest BCUT2D eigenvalue weighted by atomic mass is 10.0. The zero-order chi connectivity index (χ0) is 37.8. The van der Waals surface area contributed by atoms with Crippen molar-refractivity contribution in [3.63, 3.8) is 0 Å². The van der Waals surface area contributed by atoms with Crippen LogP contribution in [-0.4, -0.2) is 21.3 Å². The first kappa shape index (κ1) is 38.4. The Morgan fingerprint density at radius 2 is 0.611 bits per heavy atom. The van der Waals surface area contributed by atoms with Crippen molar-refractivity contribution in [3.8, 4) is 39.5 Å². The van der Waals surface area contributed by atoms with Crippen molar-refractivity contribution in [2.75, 3.05) is 21.3 Å². The second-order valence-electron chi connectivity index (χ2n) is 12.1. The highest BCUT2D eigenvalue weighted by molar-refractivity contribution is 5.76. The smallest absolute Gasteiger partial charge is 0.126 e. The van der Waals surface area contributed by atoms with Crippen LogP contribution in [0.3, 0.4) is 0 Å². The summed E-state index contributed by atoms with van der Waals surface area (Å²) >= 11 is 0. The Balaban J connectivity index is 0.000000206. The first-order chi connectivity index (χ1) is 26.6. The summed E-state index contributed by atoms with van der Waals surface area (Å²) in [6, 6.07) is 61.7. The lowest BCUT2D eigenvalue weighted by molar-refractivity contribution is 0.414. The molecule has 54 heavy (non-hydrogen) atoms. The van der Waals surface area contributed by atoms with Gasteiger partial charge < -0.3 is 14.2 Å². The molecule has 0 heterocycles. The van der Waals surface area contributed by atoms with Gasteiger partial charge in [-0.25, -0.2) is 0 Å². The summed E-state index contributed by atoms with van der Waals surface area (Å²) in [7, 11) is 5.05.